The van der Waals surface area contributed by atoms with E-state index in [1.54, 1.807) is 24.3 Å². The van der Waals surface area contributed by atoms with Crippen LogP contribution in [0.25, 0.3) is 0 Å². The number of nitrogens with one attached hydrogen (secondary N) is 2. The van der Waals surface area contributed by atoms with E-state index in [-0.39, 0.29) is 23.7 Å². The molecule has 0 heterocycles. The van der Waals surface area contributed by atoms with Crippen LogP contribution in [-0.4, -0.2) is 18.4 Å². The van der Waals surface area contributed by atoms with Crippen molar-refractivity contribution in [2.45, 2.75) is 25.7 Å². The highest BCUT2D eigenvalue weighted by molar-refractivity contribution is 6.30. The molecule has 5 heteroatoms. The second-order valence-electron chi connectivity index (χ2n) is 5.58. The van der Waals surface area contributed by atoms with Crippen LogP contribution in [0.2, 0.25) is 5.02 Å². The molecule has 0 spiro atoms. The van der Waals surface area contributed by atoms with E-state index in [0.29, 0.717) is 17.3 Å². The van der Waals surface area contributed by atoms with E-state index in [4.69, 9.17) is 11.6 Å². The van der Waals surface area contributed by atoms with Gasteiger partial charge in [-0.15, -0.1) is 6.58 Å². The summed E-state index contributed by atoms with van der Waals surface area (Å²) >= 11 is 5.91. The van der Waals surface area contributed by atoms with Gasteiger partial charge in [0.2, 0.25) is 11.8 Å². The van der Waals surface area contributed by atoms with Gasteiger partial charge in [0.15, 0.2) is 0 Å². The zero-order valence-corrected chi connectivity index (χ0v) is 13.2. The Kier molecular flexibility index (Phi) is 6.01. The van der Waals surface area contributed by atoms with Crippen molar-refractivity contribution in [1.29, 1.82) is 0 Å². The number of hydrogen-bond acceptors (Lipinski definition) is 2. The van der Waals surface area contributed by atoms with Crippen LogP contribution in [0.3, 0.4) is 0 Å². The summed E-state index contributed by atoms with van der Waals surface area (Å²) in [6.07, 6.45) is 4.63. The first-order valence-corrected chi connectivity index (χ1v) is 7.93. The quantitative estimate of drug-likeness (QED) is 0.817. The van der Waals surface area contributed by atoms with E-state index < -0.39 is 0 Å². The summed E-state index contributed by atoms with van der Waals surface area (Å²) < 4.78 is 0. The molecule has 4 nitrogen and oxygen atoms in total. The molecule has 1 aliphatic carbocycles. The van der Waals surface area contributed by atoms with Crippen LogP contribution < -0.4 is 10.6 Å². The first-order chi connectivity index (χ1) is 10.6. The lowest BCUT2D eigenvalue weighted by Crippen LogP contribution is -2.35. The maximum absolute atomic E-state index is 12.3. The van der Waals surface area contributed by atoms with Crippen LogP contribution in [-0.2, 0) is 9.59 Å². The van der Waals surface area contributed by atoms with Gasteiger partial charge in [-0.05, 0) is 43.9 Å². The molecule has 0 saturated heterocycles. The Labute approximate surface area is 135 Å². The Bertz CT molecular complexity index is 551. The van der Waals surface area contributed by atoms with Crippen LogP contribution in [0, 0.1) is 11.8 Å². The Morgan fingerprint density at radius 1 is 1.18 bits per heavy atom. The van der Waals surface area contributed by atoms with E-state index >= 15 is 0 Å². The van der Waals surface area contributed by atoms with Crippen molar-refractivity contribution in [3.8, 4) is 0 Å². The van der Waals surface area contributed by atoms with Gasteiger partial charge >= 0.3 is 0 Å². The normalized spacial score (nSPS) is 21.0. The highest BCUT2D eigenvalue weighted by atomic mass is 35.5. The number of rotatable bonds is 5. The molecule has 0 aromatic heterocycles. The molecule has 118 valence electrons. The zero-order chi connectivity index (χ0) is 15.9. The highest BCUT2D eigenvalue weighted by Crippen LogP contribution is 2.30. The summed E-state index contributed by atoms with van der Waals surface area (Å²) in [6, 6.07) is 7.12. The molecule has 2 N–H and O–H groups in total. The molecule has 1 aromatic carbocycles. The van der Waals surface area contributed by atoms with Crippen molar-refractivity contribution in [1.82, 2.24) is 5.32 Å². The van der Waals surface area contributed by atoms with E-state index in [9.17, 15) is 9.59 Å². The molecule has 0 unspecified atom stereocenters. The second kappa shape index (κ2) is 7.99. The summed E-state index contributed by atoms with van der Waals surface area (Å²) in [5.41, 5.74) is 0.711. The topological polar surface area (TPSA) is 58.2 Å². The average molecular weight is 321 g/mol. The third-order valence-electron chi connectivity index (χ3n) is 3.98. The minimum atomic E-state index is -0.0394. The largest absolute Gasteiger partial charge is 0.352 e. The first-order valence-electron chi connectivity index (χ1n) is 7.55. The molecule has 1 fully saturated rings. The summed E-state index contributed by atoms with van der Waals surface area (Å²) in [4.78, 5) is 24.1. The van der Waals surface area contributed by atoms with Gasteiger partial charge in [0.25, 0.3) is 0 Å². The van der Waals surface area contributed by atoms with Gasteiger partial charge in [0.1, 0.15) is 0 Å². The summed E-state index contributed by atoms with van der Waals surface area (Å²) in [5, 5.41) is 6.31. The Morgan fingerprint density at radius 3 is 2.41 bits per heavy atom. The van der Waals surface area contributed by atoms with E-state index in [1.807, 2.05) is 6.07 Å². The molecule has 2 amide bonds. The van der Waals surface area contributed by atoms with Gasteiger partial charge in [0, 0.05) is 29.1 Å². The number of hydrogen-bond donors (Lipinski definition) is 2. The molecule has 1 aliphatic rings. The van der Waals surface area contributed by atoms with Crippen LogP contribution in [0.1, 0.15) is 25.7 Å². The SMILES string of the molecule is C=CCNC(=O)C1CCC(C(=O)Nc2cccc(Cl)c2)CC1. The Hall–Kier alpha value is -1.81. The fourth-order valence-electron chi connectivity index (χ4n) is 2.75. The number of benzene rings is 1. The number of carbonyl (C=O) groups is 2. The maximum Gasteiger partial charge on any atom is 0.227 e. The summed E-state index contributed by atoms with van der Waals surface area (Å²) in [5.74, 6) is 0.0402. The predicted octanol–water partition coefficient (Wildman–Crippen LogP) is 3.39. The van der Waals surface area contributed by atoms with Gasteiger partial charge in [-0.1, -0.05) is 23.7 Å². The number of amides is 2. The summed E-state index contributed by atoms with van der Waals surface area (Å²) in [6.45, 7) is 4.08. The third-order valence-corrected chi connectivity index (χ3v) is 4.22. The van der Waals surface area contributed by atoms with Crippen LogP contribution in [0.5, 0.6) is 0 Å². The molecule has 2 rings (SSSR count). The zero-order valence-electron chi connectivity index (χ0n) is 12.5. The Balaban J connectivity index is 1.82. The minimum Gasteiger partial charge on any atom is -0.352 e. The lowest BCUT2D eigenvalue weighted by molar-refractivity contribution is -0.128. The van der Waals surface area contributed by atoms with Crippen molar-refractivity contribution >= 4 is 29.1 Å². The van der Waals surface area contributed by atoms with Crippen LogP contribution in [0.15, 0.2) is 36.9 Å². The van der Waals surface area contributed by atoms with Crippen LogP contribution >= 0.6 is 11.6 Å². The molecule has 1 aromatic rings. The molecule has 0 atom stereocenters. The van der Waals surface area contributed by atoms with Gasteiger partial charge in [-0.2, -0.15) is 0 Å². The number of carbonyl (C=O) groups excluding carboxylic acids is 2. The number of anilines is 1. The smallest absolute Gasteiger partial charge is 0.227 e. The van der Waals surface area contributed by atoms with Crippen molar-refractivity contribution in [2.24, 2.45) is 11.8 Å². The predicted molar refractivity (Wildman–Crippen MR) is 88.7 cm³/mol. The maximum atomic E-state index is 12.3. The fraction of sp³-hybridized carbons (Fsp3) is 0.412. The van der Waals surface area contributed by atoms with Gasteiger partial charge < -0.3 is 10.6 Å². The van der Waals surface area contributed by atoms with Gasteiger partial charge in [-0.3, -0.25) is 9.59 Å². The monoisotopic (exact) mass is 320 g/mol. The molecule has 0 radical (unpaired) electrons. The molecule has 22 heavy (non-hydrogen) atoms. The third kappa shape index (κ3) is 4.60. The minimum absolute atomic E-state index is 0.00668. The number of halogens is 1. The van der Waals surface area contributed by atoms with Crippen LogP contribution in [0.4, 0.5) is 5.69 Å². The Morgan fingerprint density at radius 2 is 1.82 bits per heavy atom. The molecule has 0 aliphatic heterocycles. The van der Waals surface area contributed by atoms with Crippen molar-refractivity contribution in [3.05, 3.63) is 41.9 Å². The molecular formula is C17H21ClN2O2. The lowest BCUT2D eigenvalue weighted by Gasteiger charge is -2.27. The van der Waals surface area contributed by atoms with E-state index in [0.717, 1.165) is 25.7 Å². The van der Waals surface area contributed by atoms with Gasteiger partial charge in [-0.25, -0.2) is 0 Å². The van der Waals surface area contributed by atoms with Crippen molar-refractivity contribution in [2.75, 3.05) is 11.9 Å². The summed E-state index contributed by atoms with van der Waals surface area (Å²) in [7, 11) is 0. The molecule has 0 bridgehead atoms. The molecule has 1 saturated carbocycles. The van der Waals surface area contributed by atoms with E-state index in [1.165, 1.54) is 0 Å². The fourth-order valence-corrected chi connectivity index (χ4v) is 2.94. The standard InChI is InChI=1S/C17H21ClN2O2/c1-2-10-19-16(21)12-6-8-13(9-7-12)17(22)20-15-5-3-4-14(18)11-15/h2-5,11-13H,1,6-10H2,(H,19,21)(H,20,22). The average Bonchev–Trinajstić information content (AvgIpc) is 2.52. The highest BCUT2D eigenvalue weighted by Gasteiger charge is 2.29. The van der Waals surface area contributed by atoms with Gasteiger partial charge in [0.05, 0.1) is 0 Å². The molecular weight excluding hydrogens is 300 g/mol. The van der Waals surface area contributed by atoms with Crippen molar-refractivity contribution < 1.29 is 9.59 Å². The van der Waals surface area contributed by atoms with E-state index in [2.05, 4.69) is 17.2 Å². The lowest BCUT2D eigenvalue weighted by atomic mass is 9.81. The van der Waals surface area contributed by atoms with Crippen molar-refractivity contribution in [3.63, 3.8) is 0 Å². The first kappa shape index (κ1) is 16.6. The second-order valence-corrected chi connectivity index (χ2v) is 6.02.